The topological polar surface area (TPSA) is 24.9 Å². The molecule has 2 aromatic rings. The minimum absolute atomic E-state index is 0.416. The van der Waals surface area contributed by atoms with Crippen molar-refractivity contribution in [2.45, 2.75) is 25.3 Å². The highest BCUT2D eigenvalue weighted by Gasteiger charge is 2.22. The Bertz CT molecular complexity index is 551. The van der Waals surface area contributed by atoms with Crippen LogP contribution in [0.5, 0.6) is 0 Å². The van der Waals surface area contributed by atoms with Gasteiger partial charge in [0.05, 0.1) is 21.7 Å². The first-order chi connectivity index (χ1) is 8.72. The fourth-order valence-corrected chi connectivity index (χ4v) is 4.39. The molecule has 1 unspecified atom stereocenters. The third-order valence-corrected chi connectivity index (χ3v) is 5.33. The Labute approximate surface area is 127 Å². The summed E-state index contributed by atoms with van der Waals surface area (Å²) in [6, 6.07) is 6.70. The number of aromatic nitrogens is 1. The molecule has 0 bridgehead atoms. The van der Waals surface area contributed by atoms with Crippen molar-refractivity contribution in [3.63, 3.8) is 0 Å². The lowest BCUT2D eigenvalue weighted by Crippen LogP contribution is -2.15. The van der Waals surface area contributed by atoms with Gasteiger partial charge in [0.1, 0.15) is 4.60 Å². The van der Waals surface area contributed by atoms with Crippen LogP contribution in [0.4, 0.5) is 5.69 Å². The molecule has 0 aromatic carbocycles. The summed E-state index contributed by atoms with van der Waals surface area (Å²) in [5.74, 6) is 0. The molecule has 0 saturated carbocycles. The number of aryl methyl sites for hydroxylation is 1. The zero-order valence-electron chi connectivity index (χ0n) is 9.62. The van der Waals surface area contributed by atoms with Gasteiger partial charge in [-0.25, -0.2) is 4.98 Å². The fraction of sp³-hybridized carbons (Fsp3) is 0.308. The first-order valence-corrected chi connectivity index (χ1v) is 8.29. The number of nitrogens with zero attached hydrogens (tertiary/aromatic N) is 1. The Kier molecular flexibility index (Phi) is 3.73. The van der Waals surface area contributed by atoms with E-state index in [0.29, 0.717) is 6.04 Å². The monoisotopic (exact) mass is 386 g/mol. The van der Waals surface area contributed by atoms with E-state index in [1.54, 1.807) is 0 Å². The maximum atomic E-state index is 4.25. The molecular formula is C13H12Br2N2S. The van der Waals surface area contributed by atoms with E-state index >= 15 is 0 Å². The zero-order valence-corrected chi connectivity index (χ0v) is 13.6. The first kappa shape index (κ1) is 12.6. The van der Waals surface area contributed by atoms with Crippen molar-refractivity contribution in [2.75, 3.05) is 5.32 Å². The van der Waals surface area contributed by atoms with Crippen LogP contribution < -0.4 is 5.32 Å². The van der Waals surface area contributed by atoms with Gasteiger partial charge >= 0.3 is 0 Å². The lowest BCUT2D eigenvalue weighted by Gasteiger charge is -2.24. The molecule has 18 heavy (non-hydrogen) atoms. The van der Waals surface area contributed by atoms with Crippen molar-refractivity contribution in [3.05, 3.63) is 43.2 Å². The maximum absolute atomic E-state index is 4.25. The van der Waals surface area contributed by atoms with E-state index in [0.717, 1.165) is 10.3 Å². The number of anilines is 1. The molecule has 2 heterocycles. The van der Waals surface area contributed by atoms with Crippen molar-refractivity contribution in [3.8, 4) is 0 Å². The highest BCUT2D eigenvalue weighted by Crippen LogP contribution is 2.39. The minimum atomic E-state index is 0.416. The van der Waals surface area contributed by atoms with Crippen LogP contribution in [0.2, 0.25) is 0 Å². The molecule has 2 nitrogen and oxygen atoms in total. The van der Waals surface area contributed by atoms with Crippen molar-refractivity contribution < 1.29 is 0 Å². The van der Waals surface area contributed by atoms with Crippen LogP contribution in [-0.4, -0.2) is 4.98 Å². The highest BCUT2D eigenvalue weighted by molar-refractivity contribution is 9.11. The third-order valence-electron chi connectivity index (χ3n) is 3.15. The van der Waals surface area contributed by atoms with Crippen LogP contribution in [-0.2, 0) is 6.42 Å². The Morgan fingerprint density at radius 3 is 3.00 bits per heavy atom. The molecule has 0 radical (unpaired) electrons. The summed E-state index contributed by atoms with van der Waals surface area (Å²) in [4.78, 5) is 5.76. The predicted octanol–water partition coefficient (Wildman–Crippen LogP) is 5.16. The molecule has 1 atom stereocenters. The highest BCUT2D eigenvalue weighted by atomic mass is 79.9. The average Bonchev–Trinajstić information content (AvgIpc) is 2.73. The predicted molar refractivity (Wildman–Crippen MR) is 83.3 cm³/mol. The molecule has 1 aliphatic carbocycles. The molecule has 0 aliphatic heterocycles. The van der Waals surface area contributed by atoms with Crippen molar-refractivity contribution in [1.29, 1.82) is 0 Å². The number of hydrogen-bond donors (Lipinski definition) is 1. The van der Waals surface area contributed by atoms with Gasteiger partial charge in [-0.3, -0.25) is 0 Å². The SMILES string of the molecule is Brc1ccc(NC2CCCc3sc(Br)cc32)cn1. The number of nitrogens with one attached hydrogen (secondary N) is 1. The van der Waals surface area contributed by atoms with Gasteiger partial charge in [0.25, 0.3) is 0 Å². The van der Waals surface area contributed by atoms with Gasteiger partial charge < -0.3 is 5.32 Å². The van der Waals surface area contributed by atoms with E-state index in [1.807, 2.05) is 23.6 Å². The molecule has 2 aromatic heterocycles. The molecule has 94 valence electrons. The van der Waals surface area contributed by atoms with Crippen molar-refractivity contribution >= 4 is 48.9 Å². The number of halogens is 2. The zero-order chi connectivity index (χ0) is 12.5. The maximum Gasteiger partial charge on any atom is 0.106 e. The molecule has 1 N–H and O–H groups in total. The van der Waals surface area contributed by atoms with Crippen LogP contribution in [0.1, 0.15) is 29.3 Å². The van der Waals surface area contributed by atoms with E-state index in [9.17, 15) is 0 Å². The molecule has 0 fully saturated rings. The van der Waals surface area contributed by atoms with Gasteiger partial charge in [0.2, 0.25) is 0 Å². The molecule has 5 heteroatoms. The van der Waals surface area contributed by atoms with Gasteiger partial charge in [-0.2, -0.15) is 0 Å². The Morgan fingerprint density at radius 2 is 2.22 bits per heavy atom. The summed E-state index contributed by atoms with van der Waals surface area (Å²) in [6.45, 7) is 0. The van der Waals surface area contributed by atoms with Crippen molar-refractivity contribution in [1.82, 2.24) is 4.98 Å². The molecular weight excluding hydrogens is 376 g/mol. The quantitative estimate of drug-likeness (QED) is 0.720. The van der Waals surface area contributed by atoms with Gasteiger partial charge in [0, 0.05) is 4.88 Å². The van der Waals surface area contributed by atoms with E-state index in [-0.39, 0.29) is 0 Å². The van der Waals surface area contributed by atoms with Gasteiger partial charge in [0.15, 0.2) is 0 Å². The summed E-state index contributed by atoms with van der Waals surface area (Å²) in [7, 11) is 0. The molecule has 0 spiro atoms. The second-order valence-corrected chi connectivity index (χ2v) is 7.72. The van der Waals surface area contributed by atoms with Gasteiger partial charge in [-0.1, -0.05) is 0 Å². The lowest BCUT2D eigenvalue weighted by atomic mass is 9.94. The Hall–Kier alpha value is -0.390. The third kappa shape index (κ3) is 2.63. The number of hydrogen-bond acceptors (Lipinski definition) is 3. The van der Waals surface area contributed by atoms with Crippen LogP contribution in [0.15, 0.2) is 32.8 Å². The van der Waals surface area contributed by atoms with E-state index in [1.165, 1.54) is 33.5 Å². The Morgan fingerprint density at radius 1 is 1.33 bits per heavy atom. The summed E-state index contributed by atoms with van der Waals surface area (Å²) in [5, 5.41) is 3.58. The van der Waals surface area contributed by atoms with E-state index in [4.69, 9.17) is 0 Å². The molecule has 0 saturated heterocycles. The molecule has 0 amide bonds. The largest absolute Gasteiger partial charge is 0.377 e. The van der Waals surface area contributed by atoms with E-state index < -0.39 is 0 Å². The fourth-order valence-electron chi connectivity index (χ4n) is 2.33. The summed E-state index contributed by atoms with van der Waals surface area (Å²) in [5.41, 5.74) is 2.53. The molecule has 1 aliphatic rings. The smallest absolute Gasteiger partial charge is 0.106 e. The second-order valence-electron chi connectivity index (χ2n) is 4.39. The van der Waals surface area contributed by atoms with Crippen LogP contribution in [0, 0.1) is 0 Å². The average molecular weight is 388 g/mol. The van der Waals surface area contributed by atoms with Crippen LogP contribution >= 0.6 is 43.2 Å². The number of pyridine rings is 1. The second kappa shape index (κ2) is 5.31. The summed E-state index contributed by atoms with van der Waals surface area (Å²) in [6.07, 6.45) is 5.52. The lowest BCUT2D eigenvalue weighted by molar-refractivity contribution is 0.608. The normalized spacial score (nSPS) is 18.4. The molecule has 3 rings (SSSR count). The van der Waals surface area contributed by atoms with Gasteiger partial charge in [-0.15, -0.1) is 11.3 Å². The number of fused-ring (bicyclic) bond motifs is 1. The van der Waals surface area contributed by atoms with Gasteiger partial charge in [-0.05, 0) is 74.9 Å². The van der Waals surface area contributed by atoms with Crippen LogP contribution in [0.3, 0.4) is 0 Å². The first-order valence-electron chi connectivity index (χ1n) is 5.88. The minimum Gasteiger partial charge on any atom is -0.377 e. The number of thiophene rings is 1. The number of rotatable bonds is 2. The standard InChI is InChI=1S/C13H12Br2N2S/c14-12-5-4-8(7-16-12)17-10-2-1-3-11-9(10)6-13(15)18-11/h4-7,10,17H,1-3H2. The Balaban J connectivity index is 1.83. The van der Waals surface area contributed by atoms with Crippen molar-refractivity contribution in [2.24, 2.45) is 0 Å². The summed E-state index contributed by atoms with van der Waals surface area (Å²) >= 11 is 8.80. The van der Waals surface area contributed by atoms with Crippen LogP contribution in [0.25, 0.3) is 0 Å². The van der Waals surface area contributed by atoms with E-state index in [2.05, 4.69) is 54.3 Å². The summed E-state index contributed by atoms with van der Waals surface area (Å²) < 4.78 is 2.10.